The molecule has 6 heteroatoms. The van der Waals surface area contributed by atoms with Crippen LogP contribution in [-0.2, 0) is 6.54 Å². The van der Waals surface area contributed by atoms with Crippen molar-refractivity contribution in [2.45, 2.75) is 6.54 Å². The van der Waals surface area contributed by atoms with E-state index in [1.165, 1.54) is 0 Å². The van der Waals surface area contributed by atoms with Crippen molar-refractivity contribution >= 4 is 48.8 Å². The van der Waals surface area contributed by atoms with Gasteiger partial charge in [-0.2, -0.15) is 0 Å². The van der Waals surface area contributed by atoms with Gasteiger partial charge in [-0.15, -0.1) is 22.7 Å². The molecule has 0 atom stereocenters. The lowest BCUT2D eigenvalue weighted by atomic mass is 10.2. The number of hydrogen-bond acceptors (Lipinski definition) is 4. The summed E-state index contributed by atoms with van der Waals surface area (Å²) in [6, 6.07) is 14.1. The molecule has 114 valence electrons. The first-order valence-electron chi connectivity index (χ1n) is 6.98. The van der Waals surface area contributed by atoms with E-state index in [4.69, 9.17) is 0 Å². The Morgan fingerprint density at radius 2 is 2.00 bits per heavy atom. The molecule has 0 amide bonds. The molecule has 0 spiro atoms. The van der Waals surface area contributed by atoms with E-state index in [1.807, 2.05) is 47.8 Å². The number of aromatic nitrogens is 2. The number of rotatable bonds is 3. The summed E-state index contributed by atoms with van der Waals surface area (Å²) in [5.41, 5.74) is 2.22. The highest BCUT2D eigenvalue weighted by Crippen LogP contribution is 2.30. The lowest BCUT2D eigenvalue weighted by molar-refractivity contribution is 0.751. The van der Waals surface area contributed by atoms with Crippen molar-refractivity contribution in [3.63, 3.8) is 0 Å². The van der Waals surface area contributed by atoms with Gasteiger partial charge in [-0.05, 0) is 44.6 Å². The van der Waals surface area contributed by atoms with Crippen LogP contribution in [0.1, 0.15) is 5.56 Å². The Labute approximate surface area is 149 Å². The van der Waals surface area contributed by atoms with Gasteiger partial charge >= 0.3 is 0 Å². The Hall–Kier alpha value is -1.76. The summed E-state index contributed by atoms with van der Waals surface area (Å²) in [5, 5.41) is 2.73. The lowest BCUT2D eigenvalue weighted by Gasteiger charge is -2.02. The van der Waals surface area contributed by atoms with E-state index >= 15 is 0 Å². The Morgan fingerprint density at radius 1 is 1.17 bits per heavy atom. The molecular weight excluding hydrogens is 392 g/mol. The van der Waals surface area contributed by atoms with Crippen LogP contribution in [0.25, 0.3) is 20.7 Å². The monoisotopic (exact) mass is 402 g/mol. The van der Waals surface area contributed by atoms with Gasteiger partial charge in [0.2, 0.25) is 0 Å². The van der Waals surface area contributed by atoms with Crippen molar-refractivity contribution in [1.82, 2.24) is 9.55 Å². The quantitative estimate of drug-likeness (QED) is 0.483. The third kappa shape index (κ3) is 2.89. The molecule has 0 bridgehead atoms. The maximum atomic E-state index is 12.7. The first kappa shape index (κ1) is 14.8. The molecule has 3 aromatic heterocycles. The molecule has 0 saturated heterocycles. The van der Waals surface area contributed by atoms with Gasteiger partial charge in [-0.1, -0.05) is 30.3 Å². The fraction of sp³-hybridized carbons (Fsp3) is 0.0588. The van der Waals surface area contributed by atoms with Crippen LogP contribution in [0.3, 0.4) is 0 Å². The number of hydrogen-bond donors (Lipinski definition) is 0. The van der Waals surface area contributed by atoms with Gasteiger partial charge in [0.05, 0.1) is 22.0 Å². The van der Waals surface area contributed by atoms with Crippen LogP contribution in [0.4, 0.5) is 0 Å². The predicted molar refractivity (Wildman–Crippen MR) is 100 cm³/mol. The normalized spacial score (nSPS) is 11.2. The summed E-state index contributed by atoms with van der Waals surface area (Å²) >= 11 is 6.62. The van der Waals surface area contributed by atoms with Crippen molar-refractivity contribution in [1.29, 1.82) is 0 Å². The van der Waals surface area contributed by atoms with Gasteiger partial charge in [0, 0.05) is 4.88 Å². The van der Waals surface area contributed by atoms with E-state index in [0.717, 1.165) is 24.6 Å². The average Bonchev–Trinajstić information content (AvgIpc) is 3.18. The second kappa shape index (κ2) is 6.03. The zero-order valence-electron chi connectivity index (χ0n) is 11.9. The van der Waals surface area contributed by atoms with Gasteiger partial charge in [-0.25, -0.2) is 4.98 Å². The Kier molecular flexibility index (Phi) is 3.88. The Bertz CT molecular complexity index is 1030. The lowest BCUT2D eigenvalue weighted by Crippen LogP contribution is -2.20. The highest BCUT2D eigenvalue weighted by Gasteiger charge is 2.11. The maximum Gasteiger partial charge on any atom is 0.262 e. The van der Waals surface area contributed by atoms with Crippen LogP contribution in [-0.4, -0.2) is 9.55 Å². The molecule has 0 N–H and O–H groups in total. The average molecular weight is 403 g/mol. The van der Waals surface area contributed by atoms with Crippen molar-refractivity contribution < 1.29 is 0 Å². The van der Waals surface area contributed by atoms with Gasteiger partial charge in [0.15, 0.2) is 0 Å². The Balaban J connectivity index is 1.77. The number of nitrogens with zero attached hydrogens (tertiary/aromatic N) is 2. The molecule has 0 saturated carbocycles. The van der Waals surface area contributed by atoms with Crippen molar-refractivity contribution in [2.24, 2.45) is 0 Å². The van der Waals surface area contributed by atoms with E-state index in [0.29, 0.717) is 11.9 Å². The van der Waals surface area contributed by atoms with Crippen LogP contribution >= 0.6 is 38.6 Å². The summed E-state index contributed by atoms with van der Waals surface area (Å²) in [6.45, 7) is 0.542. The van der Waals surface area contributed by atoms with Crippen molar-refractivity contribution in [3.8, 4) is 10.4 Å². The second-order valence-corrected chi connectivity index (χ2v) is 8.45. The first-order chi connectivity index (χ1) is 11.2. The van der Waals surface area contributed by atoms with E-state index in [9.17, 15) is 4.79 Å². The van der Waals surface area contributed by atoms with E-state index < -0.39 is 0 Å². The minimum atomic E-state index is 0.00996. The van der Waals surface area contributed by atoms with Crippen LogP contribution in [0.2, 0.25) is 0 Å². The van der Waals surface area contributed by atoms with Crippen LogP contribution in [0.15, 0.2) is 62.8 Å². The molecule has 23 heavy (non-hydrogen) atoms. The van der Waals surface area contributed by atoms with E-state index in [-0.39, 0.29) is 5.56 Å². The zero-order chi connectivity index (χ0) is 15.8. The molecule has 0 unspecified atom stereocenters. The summed E-state index contributed by atoms with van der Waals surface area (Å²) in [5.74, 6) is 0. The SMILES string of the molecule is O=c1c2cc(-c3ccccc3)sc2ncn1Cc1csc(Br)c1. The van der Waals surface area contributed by atoms with Crippen LogP contribution in [0.5, 0.6) is 0 Å². The fourth-order valence-electron chi connectivity index (χ4n) is 2.44. The van der Waals surface area contributed by atoms with Gasteiger partial charge in [0.25, 0.3) is 5.56 Å². The number of thiophene rings is 2. The summed E-state index contributed by atoms with van der Waals surface area (Å²) in [6.07, 6.45) is 1.64. The molecule has 0 aliphatic rings. The summed E-state index contributed by atoms with van der Waals surface area (Å²) in [4.78, 5) is 19.0. The number of fused-ring (bicyclic) bond motifs is 1. The molecule has 3 heterocycles. The third-order valence-corrected chi connectivity index (χ3v) is 6.20. The maximum absolute atomic E-state index is 12.7. The van der Waals surface area contributed by atoms with E-state index in [2.05, 4.69) is 20.9 Å². The molecule has 4 rings (SSSR count). The molecule has 0 fully saturated rings. The van der Waals surface area contributed by atoms with Crippen molar-refractivity contribution in [2.75, 3.05) is 0 Å². The van der Waals surface area contributed by atoms with Crippen LogP contribution < -0.4 is 5.56 Å². The summed E-state index contributed by atoms with van der Waals surface area (Å²) in [7, 11) is 0. The minimum absolute atomic E-state index is 0.00996. The van der Waals surface area contributed by atoms with Gasteiger partial charge in [0.1, 0.15) is 4.83 Å². The topological polar surface area (TPSA) is 34.9 Å². The van der Waals surface area contributed by atoms with E-state index in [1.54, 1.807) is 33.6 Å². The highest BCUT2D eigenvalue weighted by atomic mass is 79.9. The summed E-state index contributed by atoms with van der Waals surface area (Å²) < 4.78 is 2.73. The fourth-order valence-corrected chi connectivity index (χ4v) is 4.64. The molecule has 4 aromatic rings. The van der Waals surface area contributed by atoms with Crippen LogP contribution in [0, 0.1) is 0 Å². The molecule has 3 nitrogen and oxygen atoms in total. The smallest absolute Gasteiger partial charge is 0.262 e. The largest absolute Gasteiger partial charge is 0.294 e. The highest BCUT2D eigenvalue weighted by molar-refractivity contribution is 9.11. The zero-order valence-corrected chi connectivity index (χ0v) is 15.1. The first-order valence-corrected chi connectivity index (χ1v) is 9.47. The predicted octanol–water partition coefficient (Wildman–Crippen LogP) is 5.00. The number of halogens is 1. The van der Waals surface area contributed by atoms with Crippen molar-refractivity contribution in [3.05, 3.63) is 73.9 Å². The molecule has 0 radical (unpaired) electrons. The number of benzene rings is 1. The molecule has 1 aromatic carbocycles. The molecule has 0 aliphatic carbocycles. The second-order valence-electron chi connectivity index (χ2n) is 5.13. The third-order valence-electron chi connectivity index (χ3n) is 3.55. The Morgan fingerprint density at radius 3 is 2.74 bits per heavy atom. The molecular formula is C17H11BrN2OS2. The molecule has 0 aliphatic heterocycles. The van der Waals surface area contributed by atoms with Gasteiger partial charge < -0.3 is 0 Å². The minimum Gasteiger partial charge on any atom is -0.294 e. The van der Waals surface area contributed by atoms with Gasteiger partial charge in [-0.3, -0.25) is 9.36 Å². The standard InChI is InChI=1S/C17H11BrN2OS2/c18-15-6-11(9-22-15)8-20-10-19-16-13(17(20)21)7-14(23-16)12-4-2-1-3-5-12/h1-7,9-10H,8H2.